The van der Waals surface area contributed by atoms with E-state index in [-0.39, 0.29) is 5.57 Å². The number of anilines is 1. The van der Waals surface area contributed by atoms with Gasteiger partial charge in [-0.15, -0.1) is 0 Å². The van der Waals surface area contributed by atoms with Gasteiger partial charge in [0.15, 0.2) is 0 Å². The predicted molar refractivity (Wildman–Crippen MR) is 99.7 cm³/mol. The van der Waals surface area contributed by atoms with E-state index in [1.807, 2.05) is 6.92 Å². The van der Waals surface area contributed by atoms with E-state index in [2.05, 4.69) is 5.32 Å². The topological polar surface area (TPSA) is 84.9 Å². The molecule has 0 bridgehead atoms. The molecule has 7 nitrogen and oxygen atoms in total. The molecular weight excluding hydrogens is 348 g/mol. The summed E-state index contributed by atoms with van der Waals surface area (Å²) >= 11 is 0. The molecule has 7 heteroatoms. The Labute approximate surface area is 156 Å². The van der Waals surface area contributed by atoms with Crippen molar-refractivity contribution in [2.24, 2.45) is 0 Å². The summed E-state index contributed by atoms with van der Waals surface area (Å²) in [6, 6.07) is 11.1. The number of imide groups is 2. The van der Waals surface area contributed by atoms with Crippen LogP contribution < -0.4 is 19.7 Å². The van der Waals surface area contributed by atoms with Crippen LogP contribution in [0.4, 0.5) is 10.5 Å². The fourth-order valence-corrected chi connectivity index (χ4v) is 2.68. The van der Waals surface area contributed by atoms with E-state index >= 15 is 0 Å². The molecule has 27 heavy (non-hydrogen) atoms. The number of carbonyl (C=O) groups is 3. The zero-order chi connectivity index (χ0) is 19.6. The number of aryl methyl sites for hydroxylation is 1. The Balaban J connectivity index is 2.03. The third-order valence-electron chi connectivity index (χ3n) is 4.13. The van der Waals surface area contributed by atoms with Crippen LogP contribution >= 0.6 is 0 Å². The van der Waals surface area contributed by atoms with Crippen molar-refractivity contribution in [1.82, 2.24) is 5.32 Å². The summed E-state index contributed by atoms with van der Waals surface area (Å²) < 4.78 is 10.4. The Morgan fingerprint density at radius 1 is 0.963 bits per heavy atom. The summed E-state index contributed by atoms with van der Waals surface area (Å²) in [4.78, 5) is 38.3. The van der Waals surface area contributed by atoms with Crippen molar-refractivity contribution >= 4 is 29.6 Å². The van der Waals surface area contributed by atoms with Crippen molar-refractivity contribution in [3.63, 3.8) is 0 Å². The lowest BCUT2D eigenvalue weighted by atomic mass is 10.1. The number of ether oxygens (including phenoxy) is 2. The van der Waals surface area contributed by atoms with Gasteiger partial charge in [0.25, 0.3) is 11.8 Å². The van der Waals surface area contributed by atoms with Gasteiger partial charge in [0.2, 0.25) is 0 Å². The van der Waals surface area contributed by atoms with Crippen molar-refractivity contribution in [3.05, 3.63) is 59.2 Å². The van der Waals surface area contributed by atoms with E-state index in [1.54, 1.807) is 42.5 Å². The van der Waals surface area contributed by atoms with Gasteiger partial charge < -0.3 is 9.47 Å². The normalized spacial score (nSPS) is 15.7. The molecule has 1 saturated heterocycles. The van der Waals surface area contributed by atoms with Crippen molar-refractivity contribution < 1.29 is 23.9 Å². The van der Waals surface area contributed by atoms with Crippen LogP contribution in [0, 0.1) is 6.92 Å². The fourth-order valence-electron chi connectivity index (χ4n) is 2.68. The van der Waals surface area contributed by atoms with Crippen LogP contribution in [0.15, 0.2) is 48.0 Å². The molecule has 0 saturated carbocycles. The Morgan fingerprint density at radius 3 is 2.30 bits per heavy atom. The highest BCUT2D eigenvalue weighted by atomic mass is 16.5. The van der Waals surface area contributed by atoms with Crippen LogP contribution in [-0.4, -0.2) is 32.1 Å². The summed E-state index contributed by atoms with van der Waals surface area (Å²) in [5.41, 5.74) is 1.70. The Morgan fingerprint density at radius 2 is 1.67 bits per heavy atom. The summed E-state index contributed by atoms with van der Waals surface area (Å²) in [5, 5.41) is 2.20. The molecule has 4 amide bonds. The highest BCUT2D eigenvalue weighted by molar-refractivity contribution is 6.39. The zero-order valence-electron chi connectivity index (χ0n) is 15.1. The quantitative estimate of drug-likeness (QED) is 0.664. The molecule has 0 atom stereocenters. The zero-order valence-corrected chi connectivity index (χ0v) is 15.1. The molecule has 0 radical (unpaired) electrons. The lowest BCUT2D eigenvalue weighted by Gasteiger charge is -2.26. The minimum absolute atomic E-state index is 0.168. The molecule has 0 aliphatic carbocycles. The molecule has 1 fully saturated rings. The minimum Gasteiger partial charge on any atom is -0.497 e. The Bertz CT molecular complexity index is 947. The van der Waals surface area contributed by atoms with Crippen LogP contribution in [0.1, 0.15) is 11.1 Å². The Kier molecular flexibility index (Phi) is 4.94. The molecule has 2 aromatic carbocycles. The van der Waals surface area contributed by atoms with Crippen LogP contribution in [0.2, 0.25) is 0 Å². The number of benzene rings is 2. The third-order valence-corrected chi connectivity index (χ3v) is 4.13. The van der Waals surface area contributed by atoms with Crippen LogP contribution in [0.3, 0.4) is 0 Å². The molecule has 1 N–H and O–H groups in total. The van der Waals surface area contributed by atoms with Crippen molar-refractivity contribution in [3.8, 4) is 11.5 Å². The Hall–Kier alpha value is -3.61. The van der Waals surface area contributed by atoms with Gasteiger partial charge in [0.05, 0.1) is 19.9 Å². The fraction of sp³-hybridized carbons (Fsp3) is 0.150. The minimum atomic E-state index is -0.785. The van der Waals surface area contributed by atoms with Crippen LogP contribution in [0.5, 0.6) is 11.5 Å². The molecule has 0 spiro atoms. The van der Waals surface area contributed by atoms with Crippen molar-refractivity contribution in [2.75, 3.05) is 19.1 Å². The molecule has 2 aromatic rings. The molecular formula is C20H18N2O5. The van der Waals surface area contributed by atoms with Gasteiger partial charge in [-0.05, 0) is 37.3 Å². The average Bonchev–Trinajstić information content (AvgIpc) is 2.66. The van der Waals surface area contributed by atoms with Gasteiger partial charge in [-0.2, -0.15) is 0 Å². The third kappa shape index (κ3) is 3.52. The first-order chi connectivity index (χ1) is 12.9. The molecule has 3 rings (SSSR count). The smallest absolute Gasteiger partial charge is 0.335 e. The SMILES string of the molecule is COc1ccc(/C=C2\C(=O)NC(=O)N(c3ccc(C)cc3)C2=O)c(OC)c1. The lowest BCUT2D eigenvalue weighted by Crippen LogP contribution is -2.54. The molecule has 1 aliphatic heterocycles. The molecule has 1 heterocycles. The van der Waals surface area contributed by atoms with Crippen LogP contribution in [0.25, 0.3) is 6.08 Å². The number of amides is 4. The summed E-state index contributed by atoms with van der Waals surface area (Å²) in [7, 11) is 3.00. The number of barbiturate groups is 1. The highest BCUT2D eigenvalue weighted by Crippen LogP contribution is 2.28. The van der Waals surface area contributed by atoms with E-state index in [0.29, 0.717) is 22.7 Å². The number of nitrogens with zero attached hydrogens (tertiary/aromatic N) is 1. The maximum Gasteiger partial charge on any atom is 0.335 e. The van der Waals surface area contributed by atoms with E-state index in [1.165, 1.54) is 20.3 Å². The van der Waals surface area contributed by atoms with Crippen molar-refractivity contribution in [1.29, 1.82) is 0 Å². The summed E-state index contributed by atoms with van der Waals surface area (Å²) in [6.07, 6.45) is 1.39. The van der Waals surface area contributed by atoms with Crippen molar-refractivity contribution in [2.45, 2.75) is 6.92 Å². The van der Waals surface area contributed by atoms with Gasteiger partial charge >= 0.3 is 6.03 Å². The number of methoxy groups -OCH3 is 2. The first kappa shape index (κ1) is 18.2. The number of urea groups is 1. The lowest BCUT2D eigenvalue weighted by molar-refractivity contribution is -0.122. The second-order valence-electron chi connectivity index (χ2n) is 5.90. The number of hydrogen-bond acceptors (Lipinski definition) is 5. The highest BCUT2D eigenvalue weighted by Gasteiger charge is 2.36. The van der Waals surface area contributed by atoms with Gasteiger partial charge in [0, 0.05) is 11.6 Å². The maximum atomic E-state index is 12.9. The second kappa shape index (κ2) is 7.33. The number of hydrogen-bond donors (Lipinski definition) is 1. The second-order valence-corrected chi connectivity index (χ2v) is 5.90. The molecule has 1 aliphatic rings. The maximum absolute atomic E-state index is 12.9. The van der Waals surface area contributed by atoms with E-state index in [0.717, 1.165) is 10.5 Å². The number of carbonyl (C=O) groups excluding carboxylic acids is 3. The number of rotatable bonds is 4. The summed E-state index contributed by atoms with van der Waals surface area (Å²) in [5.74, 6) is -0.456. The average molecular weight is 366 g/mol. The van der Waals surface area contributed by atoms with E-state index in [9.17, 15) is 14.4 Å². The van der Waals surface area contributed by atoms with Gasteiger partial charge in [-0.1, -0.05) is 17.7 Å². The largest absolute Gasteiger partial charge is 0.497 e. The monoisotopic (exact) mass is 366 g/mol. The standard InChI is InChI=1S/C20H18N2O5/c1-12-4-7-14(8-5-12)22-19(24)16(18(23)21-20(22)25)10-13-6-9-15(26-2)11-17(13)27-3/h4-11H,1-3H3,(H,21,23,25)/b16-10+. The number of nitrogens with one attached hydrogen (secondary N) is 1. The summed E-state index contributed by atoms with van der Waals surface area (Å²) in [6.45, 7) is 1.90. The van der Waals surface area contributed by atoms with Gasteiger partial charge in [-0.3, -0.25) is 14.9 Å². The predicted octanol–water partition coefficient (Wildman–Crippen LogP) is 2.68. The molecule has 0 aromatic heterocycles. The first-order valence-electron chi connectivity index (χ1n) is 8.14. The van der Waals surface area contributed by atoms with Gasteiger partial charge in [-0.25, -0.2) is 9.69 Å². The van der Waals surface area contributed by atoms with E-state index < -0.39 is 17.8 Å². The van der Waals surface area contributed by atoms with E-state index in [4.69, 9.17) is 9.47 Å². The van der Waals surface area contributed by atoms with Crippen LogP contribution in [-0.2, 0) is 9.59 Å². The molecule has 0 unspecified atom stereocenters. The molecule has 138 valence electrons. The van der Waals surface area contributed by atoms with Gasteiger partial charge in [0.1, 0.15) is 17.1 Å². The first-order valence-corrected chi connectivity index (χ1v) is 8.14.